The van der Waals surface area contributed by atoms with E-state index in [9.17, 15) is 0 Å². The number of anilines is 2. The Labute approximate surface area is 174 Å². The van der Waals surface area contributed by atoms with Gasteiger partial charge in [0.2, 0.25) is 0 Å². The minimum Gasteiger partial charge on any atom is -0.361 e. The van der Waals surface area contributed by atoms with Crippen LogP contribution < -0.4 is 16.0 Å². The normalized spacial score (nSPS) is 10.1. The van der Waals surface area contributed by atoms with E-state index in [1.54, 1.807) is 0 Å². The molecular formula is C18H20Cl2N4S2. The van der Waals surface area contributed by atoms with Crippen molar-refractivity contribution in [2.45, 2.75) is 6.92 Å². The lowest BCUT2D eigenvalue weighted by atomic mass is 10.3. The van der Waals surface area contributed by atoms with Gasteiger partial charge >= 0.3 is 0 Å². The van der Waals surface area contributed by atoms with E-state index in [1.807, 2.05) is 60.4 Å². The molecule has 2 aromatic rings. The molecule has 0 aromatic heterocycles. The molecule has 0 saturated heterocycles. The van der Waals surface area contributed by atoms with Crippen LogP contribution >= 0.6 is 47.6 Å². The van der Waals surface area contributed by atoms with Gasteiger partial charge in [0.1, 0.15) is 0 Å². The first-order chi connectivity index (χ1) is 12.5. The molecule has 0 amide bonds. The maximum Gasteiger partial charge on any atom is 0.173 e. The molecule has 0 atom stereocenters. The van der Waals surface area contributed by atoms with Gasteiger partial charge in [-0.05, 0) is 55.6 Å². The van der Waals surface area contributed by atoms with Crippen molar-refractivity contribution >= 4 is 69.2 Å². The van der Waals surface area contributed by atoms with Crippen molar-refractivity contribution in [3.05, 3.63) is 58.6 Å². The summed E-state index contributed by atoms with van der Waals surface area (Å²) in [4.78, 5) is 2.03. The van der Waals surface area contributed by atoms with Gasteiger partial charge in [-0.15, -0.1) is 0 Å². The first kappa shape index (κ1) is 20.7. The minimum absolute atomic E-state index is 0.513. The Hall–Kier alpha value is -1.60. The number of nitrogens with zero attached hydrogens (tertiary/aromatic N) is 1. The van der Waals surface area contributed by atoms with Crippen LogP contribution in [0.25, 0.3) is 0 Å². The van der Waals surface area contributed by atoms with Crippen LogP contribution in [0.4, 0.5) is 11.4 Å². The van der Waals surface area contributed by atoms with Crippen LogP contribution in [-0.4, -0.2) is 34.8 Å². The van der Waals surface area contributed by atoms with Crippen molar-refractivity contribution in [1.82, 2.24) is 10.2 Å². The van der Waals surface area contributed by atoms with E-state index >= 15 is 0 Å². The Morgan fingerprint density at radius 1 is 0.923 bits per heavy atom. The number of benzene rings is 2. The summed E-state index contributed by atoms with van der Waals surface area (Å²) < 4.78 is 0. The Morgan fingerprint density at radius 2 is 1.46 bits per heavy atom. The van der Waals surface area contributed by atoms with Gasteiger partial charge in [-0.1, -0.05) is 47.5 Å². The van der Waals surface area contributed by atoms with Gasteiger partial charge in [-0.3, -0.25) is 0 Å². The van der Waals surface area contributed by atoms with Crippen molar-refractivity contribution in [3.8, 4) is 0 Å². The third kappa shape index (κ3) is 6.29. The largest absolute Gasteiger partial charge is 0.361 e. The molecule has 0 saturated carbocycles. The van der Waals surface area contributed by atoms with Crippen molar-refractivity contribution < 1.29 is 0 Å². The van der Waals surface area contributed by atoms with E-state index in [-0.39, 0.29) is 0 Å². The summed E-state index contributed by atoms with van der Waals surface area (Å²) in [6, 6.07) is 15.0. The highest BCUT2D eigenvalue weighted by Crippen LogP contribution is 2.21. The zero-order chi connectivity index (χ0) is 18.9. The summed E-state index contributed by atoms with van der Waals surface area (Å²) in [6.45, 7) is 4.13. The summed E-state index contributed by atoms with van der Waals surface area (Å²) in [5, 5.41) is 11.8. The number of thiocarbonyl (C=S) groups is 2. The van der Waals surface area contributed by atoms with Crippen LogP contribution in [0.3, 0.4) is 0 Å². The molecular weight excluding hydrogens is 407 g/mol. The molecule has 2 rings (SSSR count). The zero-order valence-corrected chi connectivity index (χ0v) is 17.4. The van der Waals surface area contributed by atoms with Crippen molar-refractivity contribution in [2.75, 3.05) is 30.3 Å². The summed E-state index contributed by atoms with van der Waals surface area (Å²) >= 11 is 23.1. The number of para-hydroxylation sites is 2. The number of hydrogen-bond acceptors (Lipinski definition) is 2. The molecule has 8 heteroatoms. The molecule has 0 bridgehead atoms. The van der Waals surface area contributed by atoms with Crippen LogP contribution in [0, 0.1) is 0 Å². The molecule has 0 fully saturated rings. The van der Waals surface area contributed by atoms with Crippen LogP contribution in [-0.2, 0) is 0 Å². The Kier molecular flexibility index (Phi) is 8.38. The Morgan fingerprint density at radius 3 is 2.00 bits per heavy atom. The summed E-state index contributed by atoms with van der Waals surface area (Å²) in [5.74, 6) is 0. The van der Waals surface area contributed by atoms with Crippen molar-refractivity contribution in [2.24, 2.45) is 0 Å². The molecule has 0 unspecified atom stereocenters. The zero-order valence-electron chi connectivity index (χ0n) is 14.3. The van der Waals surface area contributed by atoms with Crippen molar-refractivity contribution in [3.63, 3.8) is 0 Å². The van der Waals surface area contributed by atoms with Gasteiger partial charge in [0.15, 0.2) is 10.2 Å². The van der Waals surface area contributed by atoms with Gasteiger partial charge < -0.3 is 20.9 Å². The number of hydrogen-bond donors (Lipinski definition) is 3. The monoisotopic (exact) mass is 426 g/mol. The van der Waals surface area contributed by atoms with Crippen LogP contribution in [0.5, 0.6) is 0 Å². The van der Waals surface area contributed by atoms with E-state index in [0.29, 0.717) is 33.4 Å². The average Bonchev–Trinajstić information content (AvgIpc) is 2.62. The maximum absolute atomic E-state index is 6.16. The van der Waals surface area contributed by atoms with Crippen LogP contribution in [0.1, 0.15) is 6.92 Å². The molecule has 0 aliphatic rings. The molecule has 2 aromatic carbocycles. The predicted octanol–water partition coefficient (Wildman–Crippen LogP) is 5.00. The van der Waals surface area contributed by atoms with E-state index in [0.717, 1.165) is 17.9 Å². The highest BCUT2D eigenvalue weighted by molar-refractivity contribution is 7.80. The first-order valence-electron chi connectivity index (χ1n) is 8.11. The highest BCUT2D eigenvalue weighted by Gasteiger charge is 2.09. The van der Waals surface area contributed by atoms with E-state index in [4.69, 9.17) is 47.6 Å². The minimum atomic E-state index is 0.513. The molecule has 0 aliphatic carbocycles. The number of likely N-dealkylation sites (N-methyl/N-ethyl adjacent to an activating group) is 1. The highest BCUT2D eigenvalue weighted by atomic mass is 35.5. The molecule has 0 radical (unpaired) electrons. The number of rotatable bonds is 6. The summed E-state index contributed by atoms with van der Waals surface area (Å²) in [7, 11) is 0. The average molecular weight is 427 g/mol. The van der Waals surface area contributed by atoms with Gasteiger partial charge in [-0.25, -0.2) is 0 Å². The van der Waals surface area contributed by atoms with Crippen molar-refractivity contribution in [1.29, 1.82) is 0 Å². The van der Waals surface area contributed by atoms with E-state index in [1.165, 1.54) is 0 Å². The molecule has 26 heavy (non-hydrogen) atoms. The number of nitrogens with one attached hydrogen (secondary N) is 3. The third-order valence-electron chi connectivity index (χ3n) is 3.57. The first-order valence-corrected chi connectivity index (χ1v) is 9.68. The SMILES string of the molecule is CCN(CCNC(=S)Nc1ccccc1Cl)C(=S)Nc1ccccc1Cl. The smallest absolute Gasteiger partial charge is 0.173 e. The van der Waals surface area contributed by atoms with Crippen LogP contribution in [0.2, 0.25) is 10.0 Å². The number of halogens is 2. The van der Waals surface area contributed by atoms with Gasteiger partial charge in [-0.2, -0.15) is 0 Å². The second-order valence-electron chi connectivity index (χ2n) is 5.35. The molecule has 0 heterocycles. The maximum atomic E-state index is 6.16. The second-order valence-corrected chi connectivity index (χ2v) is 6.96. The molecule has 0 spiro atoms. The fourth-order valence-corrected chi connectivity index (χ4v) is 3.10. The standard InChI is InChI=1S/C18H20Cl2N4S2/c1-2-24(18(26)23-16-10-6-4-8-14(16)20)12-11-21-17(25)22-15-9-5-3-7-13(15)19/h3-10H,2,11-12H2,1H3,(H,23,26)(H2,21,22,25). The molecule has 3 N–H and O–H groups in total. The second kappa shape index (κ2) is 10.5. The lowest BCUT2D eigenvalue weighted by Crippen LogP contribution is -2.41. The molecule has 0 aliphatic heterocycles. The lowest BCUT2D eigenvalue weighted by Gasteiger charge is -2.25. The van der Waals surface area contributed by atoms with Crippen LogP contribution in [0.15, 0.2) is 48.5 Å². The van der Waals surface area contributed by atoms with E-state index in [2.05, 4.69) is 16.0 Å². The summed E-state index contributed by atoms with van der Waals surface area (Å²) in [5.41, 5.74) is 1.57. The Balaban J connectivity index is 1.81. The van der Waals surface area contributed by atoms with Gasteiger partial charge in [0, 0.05) is 19.6 Å². The van der Waals surface area contributed by atoms with Gasteiger partial charge in [0.05, 0.1) is 21.4 Å². The predicted molar refractivity (Wildman–Crippen MR) is 121 cm³/mol. The lowest BCUT2D eigenvalue weighted by molar-refractivity contribution is 0.450. The third-order valence-corrected chi connectivity index (χ3v) is 4.84. The fourth-order valence-electron chi connectivity index (χ4n) is 2.19. The van der Waals surface area contributed by atoms with Gasteiger partial charge in [0.25, 0.3) is 0 Å². The fraction of sp³-hybridized carbons (Fsp3) is 0.222. The molecule has 138 valence electrons. The topological polar surface area (TPSA) is 39.3 Å². The molecule has 4 nitrogen and oxygen atoms in total. The Bertz CT molecular complexity index is 770. The summed E-state index contributed by atoms with van der Waals surface area (Å²) in [6.07, 6.45) is 0. The van der Waals surface area contributed by atoms with E-state index < -0.39 is 0 Å². The quantitative estimate of drug-likeness (QED) is 0.564.